The molecule has 0 aromatic heterocycles. The maximum absolute atomic E-state index is 13.4. The molecular formula is C19H22ClFN2. The van der Waals surface area contributed by atoms with Crippen molar-refractivity contribution in [2.24, 2.45) is 4.99 Å². The molecule has 0 amide bonds. The summed E-state index contributed by atoms with van der Waals surface area (Å²) in [4.78, 5) is 6.42. The first-order chi connectivity index (χ1) is 10.9. The fraction of sp³-hybridized carbons (Fsp3) is 0.316. The predicted octanol–water partition coefficient (Wildman–Crippen LogP) is 5.30. The zero-order chi connectivity index (χ0) is 17.0. The lowest BCUT2D eigenvalue weighted by atomic mass is 9.99. The van der Waals surface area contributed by atoms with Gasteiger partial charge in [0.05, 0.1) is 17.0 Å². The minimum atomic E-state index is -0.173. The molecule has 2 aromatic rings. The van der Waals surface area contributed by atoms with Gasteiger partial charge in [0.25, 0.3) is 0 Å². The zero-order valence-corrected chi connectivity index (χ0v) is 14.8. The van der Waals surface area contributed by atoms with Crippen LogP contribution in [-0.4, -0.2) is 24.8 Å². The lowest BCUT2D eigenvalue weighted by Gasteiger charge is -2.11. The Balaban J connectivity index is 2.25. The molecule has 2 aromatic carbocycles. The fourth-order valence-corrected chi connectivity index (χ4v) is 2.51. The molecule has 0 spiro atoms. The molecule has 2 rings (SSSR count). The molecule has 0 aliphatic rings. The molecule has 0 heterocycles. The molecule has 23 heavy (non-hydrogen) atoms. The molecule has 0 radical (unpaired) electrons. The highest BCUT2D eigenvalue weighted by Crippen LogP contribution is 2.29. The van der Waals surface area contributed by atoms with E-state index in [1.807, 2.05) is 43.1 Å². The van der Waals surface area contributed by atoms with E-state index in [0.29, 0.717) is 10.6 Å². The van der Waals surface area contributed by atoms with Gasteiger partial charge in [0, 0.05) is 13.6 Å². The summed E-state index contributed by atoms with van der Waals surface area (Å²) in [6, 6.07) is 9.16. The van der Waals surface area contributed by atoms with Crippen LogP contribution in [0.2, 0.25) is 5.02 Å². The van der Waals surface area contributed by atoms with E-state index >= 15 is 0 Å². The van der Waals surface area contributed by atoms with Crippen LogP contribution in [0.4, 0.5) is 10.1 Å². The highest BCUT2D eigenvalue weighted by Gasteiger charge is 2.07. The van der Waals surface area contributed by atoms with E-state index in [2.05, 4.69) is 11.9 Å². The average molecular weight is 333 g/mol. The summed E-state index contributed by atoms with van der Waals surface area (Å²) in [5, 5.41) is 0.630. The van der Waals surface area contributed by atoms with Crippen LogP contribution in [0.25, 0.3) is 0 Å². The molecule has 0 aliphatic heterocycles. The largest absolute Gasteiger partial charge is 0.366 e. The van der Waals surface area contributed by atoms with E-state index < -0.39 is 0 Å². The monoisotopic (exact) mass is 332 g/mol. The molecule has 0 fully saturated rings. The second-order valence-corrected chi connectivity index (χ2v) is 6.22. The summed E-state index contributed by atoms with van der Waals surface area (Å²) >= 11 is 6.36. The van der Waals surface area contributed by atoms with Gasteiger partial charge in [-0.2, -0.15) is 0 Å². The van der Waals surface area contributed by atoms with E-state index in [0.717, 1.165) is 35.3 Å². The molecular weight excluding hydrogens is 311 g/mol. The molecule has 2 nitrogen and oxygen atoms in total. The zero-order valence-electron chi connectivity index (χ0n) is 14.0. The van der Waals surface area contributed by atoms with Crippen molar-refractivity contribution in [1.82, 2.24) is 4.90 Å². The highest BCUT2D eigenvalue weighted by atomic mass is 35.5. The highest BCUT2D eigenvalue weighted by molar-refractivity contribution is 6.33. The third-order valence-corrected chi connectivity index (χ3v) is 4.22. The van der Waals surface area contributed by atoms with Crippen molar-refractivity contribution in [3.63, 3.8) is 0 Å². The smallest absolute Gasteiger partial charge is 0.126 e. The van der Waals surface area contributed by atoms with Crippen LogP contribution >= 0.6 is 11.6 Å². The Morgan fingerprint density at radius 2 is 1.91 bits per heavy atom. The van der Waals surface area contributed by atoms with E-state index in [9.17, 15) is 4.39 Å². The first-order valence-corrected chi connectivity index (χ1v) is 8.07. The molecule has 4 heteroatoms. The minimum Gasteiger partial charge on any atom is -0.366 e. The SMILES string of the molecule is CCN(C)/C=N\c1cc(C)c(Cc2ccc(F)c(C)c2)cc1Cl. The van der Waals surface area contributed by atoms with Crippen LogP contribution in [0.1, 0.15) is 29.2 Å². The number of benzene rings is 2. The van der Waals surface area contributed by atoms with Crippen molar-refractivity contribution in [3.8, 4) is 0 Å². The van der Waals surface area contributed by atoms with E-state index in [-0.39, 0.29) is 5.82 Å². The Bertz CT molecular complexity index is 726. The second-order valence-electron chi connectivity index (χ2n) is 5.81. The lowest BCUT2D eigenvalue weighted by Crippen LogP contribution is -2.14. The number of nitrogens with zero attached hydrogens (tertiary/aromatic N) is 2. The van der Waals surface area contributed by atoms with Crippen molar-refractivity contribution in [2.75, 3.05) is 13.6 Å². The molecule has 0 atom stereocenters. The van der Waals surface area contributed by atoms with E-state index in [4.69, 9.17) is 11.6 Å². The van der Waals surface area contributed by atoms with Crippen LogP contribution in [-0.2, 0) is 6.42 Å². The summed E-state index contributed by atoms with van der Waals surface area (Å²) < 4.78 is 13.4. The lowest BCUT2D eigenvalue weighted by molar-refractivity contribution is 0.552. The summed E-state index contributed by atoms with van der Waals surface area (Å²) in [5.74, 6) is -0.173. The van der Waals surface area contributed by atoms with Gasteiger partial charge < -0.3 is 4.90 Å². The molecule has 0 saturated heterocycles. The van der Waals surface area contributed by atoms with E-state index in [1.165, 1.54) is 6.07 Å². The summed E-state index contributed by atoms with van der Waals surface area (Å²) in [6.07, 6.45) is 2.51. The van der Waals surface area contributed by atoms with Gasteiger partial charge >= 0.3 is 0 Å². The van der Waals surface area contributed by atoms with Crippen LogP contribution < -0.4 is 0 Å². The Hall–Kier alpha value is -1.87. The maximum atomic E-state index is 13.4. The van der Waals surface area contributed by atoms with Gasteiger partial charge in [0.2, 0.25) is 0 Å². The standard InChI is InChI=1S/C19H22ClFN2/c1-5-23(4)12-22-19-9-13(2)16(11-17(19)20)10-15-6-7-18(21)14(3)8-15/h6-9,11-12H,5,10H2,1-4H3/b22-12-. The Kier molecular flexibility index (Phi) is 5.78. The summed E-state index contributed by atoms with van der Waals surface area (Å²) in [5.41, 5.74) is 4.76. The van der Waals surface area contributed by atoms with Crippen molar-refractivity contribution in [1.29, 1.82) is 0 Å². The Morgan fingerprint density at radius 1 is 1.17 bits per heavy atom. The molecule has 0 bridgehead atoms. The van der Waals surface area contributed by atoms with Gasteiger partial charge in [-0.05, 0) is 67.6 Å². The molecule has 122 valence electrons. The average Bonchev–Trinajstić information content (AvgIpc) is 2.52. The van der Waals surface area contributed by atoms with Gasteiger partial charge in [-0.25, -0.2) is 9.38 Å². The Labute approximate surface area is 142 Å². The van der Waals surface area contributed by atoms with Crippen LogP contribution in [0.15, 0.2) is 35.3 Å². The van der Waals surface area contributed by atoms with Crippen molar-refractivity contribution in [2.45, 2.75) is 27.2 Å². The second kappa shape index (κ2) is 7.60. The molecule has 0 saturated carbocycles. The van der Waals surface area contributed by atoms with Gasteiger partial charge in [0.15, 0.2) is 0 Å². The van der Waals surface area contributed by atoms with Gasteiger partial charge in [-0.1, -0.05) is 23.7 Å². The van der Waals surface area contributed by atoms with Crippen molar-refractivity contribution in [3.05, 3.63) is 63.4 Å². The summed E-state index contributed by atoms with van der Waals surface area (Å²) in [6.45, 7) is 6.78. The number of rotatable bonds is 5. The molecule has 0 unspecified atom stereocenters. The first-order valence-electron chi connectivity index (χ1n) is 7.69. The number of hydrogen-bond donors (Lipinski definition) is 0. The third-order valence-electron chi connectivity index (χ3n) is 3.92. The van der Waals surface area contributed by atoms with Gasteiger partial charge in [-0.15, -0.1) is 0 Å². The number of halogens is 2. The van der Waals surface area contributed by atoms with E-state index in [1.54, 1.807) is 13.3 Å². The number of aryl methyl sites for hydroxylation is 2. The number of aliphatic imine (C=N–C) groups is 1. The van der Waals surface area contributed by atoms with Crippen LogP contribution in [0, 0.1) is 19.7 Å². The first kappa shape index (κ1) is 17.5. The van der Waals surface area contributed by atoms with Crippen LogP contribution in [0.5, 0.6) is 0 Å². The molecule has 0 aliphatic carbocycles. The van der Waals surface area contributed by atoms with Gasteiger partial charge in [0.1, 0.15) is 5.82 Å². The van der Waals surface area contributed by atoms with Gasteiger partial charge in [-0.3, -0.25) is 0 Å². The minimum absolute atomic E-state index is 0.173. The topological polar surface area (TPSA) is 15.6 Å². The quantitative estimate of drug-likeness (QED) is 0.536. The van der Waals surface area contributed by atoms with Crippen molar-refractivity contribution < 1.29 is 4.39 Å². The predicted molar refractivity (Wildman–Crippen MR) is 96.6 cm³/mol. The molecule has 0 N–H and O–H groups in total. The number of hydrogen-bond acceptors (Lipinski definition) is 1. The Morgan fingerprint density at radius 3 is 2.57 bits per heavy atom. The normalized spacial score (nSPS) is 11.2. The maximum Gasteiger partial charge on any atom is 0.126 e. The third kappa shape index (κ3) is 4.55. The van der Waals surface area contributed by atoms with Crippen LogP contribution in [0.3, 0.4) is 0 Å². The fourth-order valence-electron chi connectivity index (χ4n) is 2.28. The van der Waals surface area contributed by atoms with Crippen molar-refractivity contribution >= 4 is 23.6 Å². The summed E-state index contributed by atoms with van der Waals surface area (Å²) in [7, 11) is 1.97.